The molecule has 1 unspecified atom stereocenters. The molecule has 5 heteroatoms. The zero-order valence-electron chi connectivity index (χ0n) is 11.5. The Morgan fingerprint density at radius 3 is 2.62 bits per heavy atom. The van der Waals surface area contributed by atoms with Crippen molar-refractivity contribution in [3.63, 3.8) is 0 Å². The number of carbonyl (C=O) groups is 1. The average molecular weight is 281 g/mol. The minimum absolute atomic E-state index is 0.446. The molecule has 0 aliphatic carbocycles. The Labute approximate surface area is 123 Å². The molecule has 2 N–H and O–H groups in total. The number of carbonyl (C=O) groups excluding carboxylic acids is 1. The average Bonchev–Trinajstić information content (AvgIpc) is 2.53. The van der Waals surface area contributed by atoms with Gasteiger partial charge in [0.2, 0.25) is 0 Å². The molecule has 0 saturated carbocycles. The van der Waals surface area contributed by atoms with Gasteiger partial charge >= 0.3 is 6.03 Å². The second-order valence-corrected chi connectivity index (χ2v) is 4.30. The molecular formula is C16H15N3O2. The summed E-state index contributed by atoms with van der Waals surface area (Å²) in [5.74, 6) is 0.646. The third kappa shape index (κ3) is 3.98. The molecule has 0 radical (unpaired) electrons. The lowest BCUT2D eigenvalue weighted by molar-refractivity contribution is 0.250. The molecule has 2 aromatic carbocycles. The Kier molecular flexibility index (Phi) is 4.78. The molecule has 0 spiro atoms. The minimum atomic E-state index is -0.697. The van der Waals surface area contributed by atoms with E-state index < -0.39 is 12.1 Å². The first kappa shape index (κ1) is 14.4. The Hall–Kier alpha value is -3.00. The van der Waals surface area contributed by atoms with Crippen LogP contribution in [0.5, 0.6) is 5.75 Å². The molecule has 0 aliphatic rings. The van der Waals surface area contributed by atoms with Crippen LogP contribution in [-0.4, -0.2) is 13.1 Å². The fraction of sp³-hybridized carbons (Fsp3) is 0.125. The summed E-state index contributed by atoms with van der Waals surface area (Å²) < 4.78 is 5.08. The molecule has 0 bridgehead atoms. The number of nitrogens with zero attached hydrogens (tertiary/aromatic N) is 1. The van der Waals surface area contributed by atoms with Crippen LogP contribution in [0.4, 0.5) is 10.5 Å². The lowest BCUT2D eigenvalue weighted by Gasteiger charge is -2.13. The minimum Gasteiger partial charge on any atom is -0.497 e. The van der Waals surface area contributed by atoms with Crippen LogP contribution >= 0.6 is 0 Å². The maximum atomic E-state index is 11.9. The number of amides is 2. The van der Waals surface area contributed by atoms with Gasteiger partial charge in [-0.15, -0.1) is 0 Å². The highest BCUT2D eigenvalue weighted by Gasteiger charge is 2.13. The first-order valence-electron chi connectivity index (χ1n) is 6.39. The van der Waals surface area contributed by atoms with E-state index in [-0.39, 0.29) is 0 Å². The van der Waals surface area contributed by atoms with E-state index in [0.717, 1.165) is 5.56 Å². The number of methoxy groups -OCH3 is 1. The third-order valence-electron chi connectivity index (χ3n) is 2.87. The summed E-state index contributed by atoms with van der Waals surface area (Å²) in [6, 6.07) is 17.0. The number of ether oxygens (including phenoxy) is 1. The van der Waals surface area contributed by atoms with Gasteiger partial charge in [-0.1, -0.05) is 36.4 Å². The fourth-order valence-electron chi connectivity index (χ4n) is 1.83. The van der Waals surface area contributed by atoms with Crippen LogP contribution in [0.15, 0.2) is 54.6 Å². The summed E-state index contributed by atoms with van der Waals surface area (Å²) in [4.78, 5) is 11.9. The molecule has 1 atom stereocenters. The monoisotopic (exact) mass is 281 g/mol. The normalized spacial score (nSPS) is 11.0. The molecule has 5 nitrogen and oxygen atoms in total. The second kappa shape index (κ2) is 6.96. The number of rotatable bonds is 4. The standard InChI is InChI=1S/C16H15N3O2/c1-21-14-9-5-8-13(10-14)18-16(20)19-15(11-17)12-6-3-2-4-7-12/h2-10,15H,1H3,(H2,18,19,20). The molecule has 21 heavy (non-hydrogen) atoms. The number of benzene rings is 2. The Balaban J connectivity index is 2.02. The summed E-state index contributed by atoms with van der Waals surface area (Å²) >= 11 is 0. The largest absolute Gasteiger partial charge is 0.497 e. The molecule has 2 aromatic rings. The zero-order valence-corrected chi connectivity index (χ0v) is 11.5. The molecule has 0 saturated heterocycles. The van der Waals surface area contributed by atoms with Crippen molar-refractivity contribution in [3.8, 4) is 11.8 Å². The van der Waals surface area contributed by atoms with Crippen molar-refractivity contribution in [2.45, 2.75) is 6.04 Å². The van der Waals surface area contributed by atoms with Gasteiger partial charge in [-0.05, 0) is 17.7 Å². The molecule has 0 heterocycles. The molecule has 2 amide bonds. The summed E-state index contributed by atoms with van der Waals surface area (Å²) in [5, 5.41) is 14.5. The third-order valence-corrected chi connectivity index (χ3v) is 2.87. The molecule has 0 aliphatic heterocycles. The molecule has 0 aromatic heterocycles. The van der Waals surface area contributed by atoms with E-state index in [9.17, 15) is 4.79 Å². The predicted octanol–water partition coefficient (Wildman–Crippen LogP) is 3.08. The van der Waals surface area contributed by atoms with E-state index in [1.165, 1.54) is 0 Å². The predicted molar refractivity (Wildman–Crippen MR) is 79.9 cm³/mol. The lowest BCUT2D eigenvalue weighted by Crippen LogP contribution is -2.31. The zero-order chi connectivity index (χ0) is 15.1. The molecule has 0 fully saturated rings. The van der Waals surface area contributed by atoms with E-state index in [0.29, 0.717) is 11.4 Å². The fourth-order valence-corrected chi connectivity index (χ4v) is 1.83. The number of nitrogens with one attached hydrogen (secondary N) is 2. The lowest BCUT2D eigenvalue weighted by atomic mass is 10.1. The van der Waals surface area contributed by atoms with E-state index in [2.05, 4.69) is 16.7 Å². The van der Waals surface area contributed by atoms with Crippen LogP contribution in [0.3, 0.4) is 0 Å². The summed E-state index contributed by atoms with van der Waals surface area (Å²) in [5.41, 5.74) is 1.33. The van der Waals surface area contributed by atoms with Gasteiger partial charge in [-0.3, -0.25) is 0 Å². The van der Waals surface area contributed by atoms with E-state index in [1.54, 1.807) is 43.5 Å². The molecule has 2 rings (SSSR count). The van der Waals surface area contributed by atoms with Crippen LogP contribution in [-0.2, 0) is 0 Å². The summed E-state index contributed by atoms with van der Waals surface area (Å²) in [6.45, 7) is 0. The maximum absolute atomic E-state index is 11.9. The Morgan fingerprint density at radius 1 is 1.19 bits per heavy atom. The van der Waals surface area contributed by atoms with Gasteiger partial charge in [-0.2, -0.15) is 5.26 Å². The van der Waals surface area contributed by atoms with Crippen molar-refractivity contribution in [2.75, 3.05) is 12.4 Å². The van der Waals surface area contributed by atoms with Crippen molar-refractivity contribution in [3.05, 3.63) is 60.2 Å². The van der Waals surface area contributed by atoms with Gasteiger partial charge < -0.3 is 15.4 Å². The van der Waals surface area contributed by atoms with Crippen LogP contribution in [0, 0.1) is 11.3 Å². The van der Waals surface area contributed by atoms with Gasteiger partial charge in [0.25, 0.3) is 0 Å². The van der Waals surface area contributed by atoms with E-state index >= 15 is 0 Å². The highest BCUT2D eigenvalue weighted by Crippen LogP contribution is 2.17. The van der Waals surface area contributed by atoms with Crippen molar-refractivity contribution in [1.82, 2.24) is 5.32 Å². The first-order chi connectivity index (χ1) is 10.2. The Morgan fingerprint density at radius 2 is 1.95 bits per heavy atom. The summed E-state index contributed by atoms with van der Waals surface area (Å²) in [7, 11) is 1.56. The summed E-state index contributed by atoms with van der Waals surface area (Å²) in [6.07, 6.45) is 0. The highest BCUT2D eigenvalue weighted by molar-refractivity contribution is 5.89. The maximum Gasteiger partial charge on any atom is 0.320 e. The topological polar surface area (TPSA) is 74.2 Å². The number of nitriles is 1. The van der Waals surface area contributed by atoms with Crippen LogP contribution < -0.4 is 15.4 Å². The number of hydrogen-bond acceptors (Lipinski definition) is 3. The van der Waals surface area contributed by atoms with Crippen molar-refractivity contribution >= 4 is 11.7 Å². The van der Waals surface area contributed by atoms with Crippen LogP contribution in [0.25, 0.3) is 0 Å². The number of urea groups is 1. The second-order valence-electron chi connectivity index (χ2n) is 4.30. The number of anilines is 1. The molecular weight excluding hydrogens is 266 g/mol. The smallest absolute Gasteiger partial charge is 0.320 e. The SMILES string of the molecule is COc1cccc(NC(=O)NC(C#N)c2ccccc2)c1. The number of hydrogen-bond donors (Lipinski definition) is 2. The van der Waals surface area contributed by atoms with Gasteiger partial charge in [0.05, 0.1) is 13.2 Å². The first-order valence-corrected chi connectivity index (χ1v) is 6.39. The van der Waals surface area contributed by atoms with Crippen molar-refractivity contribution < 1.29 is 9.53 Å². The molecule has 106 valence electrons. The quantitative estimate of drug-likeness (QED) is 0.904. The van der Waals surface area contributed by atoms with Gasteiger partial charge in [0, 0.05) is 11.8 Å². The van der Waals surface area contributed by atoms with Crippen LogP contribution in [0.1, 0.15) is 11.6 Å². The van der Waals surface area contributed by atoms with E-state index in [4.69, 9.17) is 10.00 Å². The highest BCUT2D eigenvalue weighted by atomic mass is 16.5. The van der Waals surface area contributed by atoms with Gasteiger partial charge in [0.15, 0.2) is 0 Å². The van der Waals surface area contributed by atoms with Crippen LogP contribution in [0.2, 0.25) is 0 Å². The Bertz CT molecular complexity index is 650. The van der Waals surface area contributed by atoms with Gasteiger partial charge in [-0.25, -0.2) is 4.79 Å². The van der Waals surface area contributed by atoms with Crippen molar-refractivity contribution in [2.24, 2.45) is 0 Å². The van der Waals surface area contributed by atoms with E-state index in [1.807, 2.05) is 18.2 Å². The van der Waals surface area contributed by atoms with Crippen molar-refractivity contribution in [1.29, 1.82) is 5.26 Å². The van der Waals surface area contributed by atoms with Gasteiger partial charge in [0.1, 0.15) is 11.8 Å².